The van der Waals surface area contributed by atoms with Gasteiger partial charge in [-0.15, -0.1) is 6.58 Å². The zero-order valence-corrected chi connectivity index (χ0v) is 9.39. The lowest BCUT2D eigenvalue weighted by Crippen LogP contribution is -2.29. The highest BCUT2D eigenvalue weighted by atomic mass is 16.5. The molecule has 0 N–H and O–H groups in total. The molecule has 0 saturated carbocycles. The molecule has 2 heteroatoms. The average Bonchev–Trinajstić information content (AvgIpc) is 2.27. The van der Waals surface area contributed by atoms with E-state index in [1.54, 1.807) is 19.9 Å². The fourth-order valence-electron chi connectivity index (χ4n) is 1.44. The Hall–Kier alpha value is -1.05. The highest BCUT2D eigenvalue weighted by Crippen LogP contribution is 2.38. The first kappa shape index (κ1) is 11.0. The smallest absolute Gasteiger partial charge is 0.201 e. The van der Waals surface area contributed by atoms with Gasteiger partial charge in [0.15, 0.2) is 5.60 Å². The molecule has 0 aromatic rings. The highest BCUT2D eigenvalue weighted by Gasteiger charge is 2.40. The quantitative estimate of drug-likeness (QED) is 0.646. The second-order valence-electron chi connectivity index (χ2n) is 4.86. The molecule has 14 heavy (non-hydrogen) atoms. The van der Waals surface area contributed by atoms with Crippen LogP contribution in [0.15, 0.2) is 24.5 Å². The van der Waals surface area contributed by atoms with Gasteiger partial charge in [-0.3, -0.25) is 4.79 Å². The summed E-state index contributed by atoms with van der Waals surface area (Å²) in [7, 11) is 0. The third-order valence-corrected chi connectivity index (χ3v) is 2.54. The third kappa shape index (κ3) is 1.89. The molecule has 0 aromatic carbocycles. The van der Waals surface area contributed by atoms with E-state index in [2.05, 4.69) is 20.4 Å². The van der Waals surface area contributed by atoms with Crippen LogP contribution in [0, 0.1) is 5.41 Å². The number of ketones is 1. The first-order valence-corrected chi connectivity index (χ1v) is 4.86. The van der Waals surface area contributed by atoms with Crippen LogP contribution in [0.1, 0.15) is 34.1 Å². The van der Waals surface area contributed by atoms with Gasteiger partial charge in [0.1, 0.15) is 5.76 Å². The maximum atomic E-state index is 11.5. The monoisotopic (exact) mass is 194 g/mol. The molecule has 1 rings (SSSR count). The molecule has 1 aliphatic rings. The number of allylic oxidation sites excluding steroid dienone is 2. The van der Waals surface area contributed by atoms with Crippen LogP contribution in [0.4, 0.5) is 0 Å². The van der Waals surface area contributed by atoms with Crippen LogP contribution >= 0.6 is 0 Å². The minimum atomic E-state index is -0.687. The number of ether oxygens (including phenoxy) is 1. The Morgan fingerprint density at radius 1 is 1.57 bits per heavy atom. The van der Waals surface area contributed by atoms with E-state index in [9.17, 15) is 4.79 Å². The van der Waals surface area contributed by atoms with Crippen molar-refractivity contribution in [1.29, 1.82) is 0 Å². The SMILES string of the molecule is C=CCC(C)(C)C1=CC(=O)C(C)(C)O1. The zero-order chi connectivity index (χ0) is 11.0. The summed E-state index contributed by atoms with van der Waals surface area (Å²) in [5, 5.41) is 0. The molecule has 78 valence electrons. The Balaban J connectivity index is 2.88. The van der Waals surface area contributed by atoms with E-state index in [0.717, 1.165) is 12.2 Å². The molecule has 0 radical (unpaired) electrons. The van der Waals surface area contributed by atoms with Crippen molar-refractivity contribution in [2.75, 3.05) is 0 Å². The molecule has 0 amide bonds. The van der Waals surface area contributed by atoms with Crippen LogP contribution in [-0.4, -0.2) is 11.4 Å². The van der Waals surface area contributed by atoms with Crippen molar-refractivity contribution in [2.45, 2.75) is 39.7 Å². The lowest BCUT2D eigenvalue weighted by atomic mass is 9.87. The molecule has 0 atom stereocenters. The molecule has 0 aromatic heterocycles. The van der Waals surface area contributed by atoms with Crippen LogP contribution < -0.4 is 0 Å². The lowest BCUT2D eigenvalue weighted by molar-refractivity contribution is -0.127. The highest BCUT2D eigenvalue weighted by molar-refractivity contribution is 5.98. The van der Waals surface area contributed by atoms with Crippen LogP contribution in [0.5, 0.6) is 0 Å². The van der Waals surface area contributed by atoms with Gasteiger partial charge in [0.25, 0.3) is 0 Å². The Morgan fingerprint density at radius 2 is 2.14 bits per heavy atom. The minimum Gasteiger partial charge on any atom is -0.483 e. The summed E-state index contributed by atoms with van der Waals surface area (Å²) in [5.41, 5.74) is -0.820. The fraction of sp³-hybridized carbons (Fsp3) is 0.583. The van der Waals surface area contributed by atoms with E-state index >= 15 is 0 Å². The van der Waals surface area contributed by atoms with Crippen molar-refractivity contribution in [3.8, 4) is 0 Å². The van der Waals surface area contributed by atoms with Gasteiger partial charge in [0.2, 0.25) is 5.78 Å². The van der Waals surface area contributed by atoms with E-state index < -0.39 is 5.60 Å². The van der Waals surface area contributed by atoms with Gasteiger partial charge >= 0.3 is 0 Å². The summed E-state index contributed by atoms with van der Waals surface area (Å²) in [5.74, 6) is 0.817. The standard InChI is InChI=1S/C12H18O2/c1-6-7-11(2,3)10-8-9(13)12(4,5)14-10/h6,8H,1,7H2,2-5H3. The van der Waals surface area contributed by atoms with E-state index in [0.29, 0.717) is 0 Å². The molecule has 2 nitrogen and oxygen atoms in total. The topological polar surface area (TPSA) is 26.3 Å². The zero-order valence-electron chi connectivity index (χ0n) is 9.39. The van der Waals surface area contributed by atoms with Gasteiger partial charge < -0.3 is 4.74 Å². The lowest BCUT2D eigenvalue weighted by Gasteiger charge is -2.27. The van der Waals surface area contributed by atoms with Crippen LogP contribution in [-0.2, 0) is 9.53 Å². The predicted octanol–water partition coefficient (Wildman–Crippen LogP) is 2.85. The number of rotatable bonds is 3. The molecule has 0 unspecified atom stereocenters. The summed E-state index contributed by atoms with van der Waals surface area (Å²) in [6.07, 6.45) is 4.27. The van der Waals surface area contributed by atoms with E-state index in [4.69, 9.17) is 4.74 Å². The molecule has 1 aliphatic heterocycles. The molecular formula is C12H18O2. The van der Waals surface area contributed by atoms with Crippen molar-refractivity contribution in [3.05, 3.63) is 24.5 Å². The Bertz CT molecular complexity index is 295. The summed E-state index contributed by atoms with van der Waals surface area (Å²) in [6.45, 7) is 11.4. The fourth-order valence-corrected chi connectivity index (χ4v) is 1.44. The summed E-state index contributed by atoms with van der Waals surface area (Å²) in [6, 6.07) is 0. The van der Waals surface area contributed by atoms with Gasteiger partial charge in [-0.05, 0) is 20.3 Å². The van der Waals surface area contributed by atoms with Crippen molar-refractivity contribution in [1.82, 2.24) is 0 Å². The van der Waals surface area contributed by atoms with Gasteiger partial charge in [-0.1, -0.05) is 19.9 Å². The van der Waals surface area contributed by atoms with Gasteiger partial charge in [-0.25, -0.2) is 0 Å². The number of carbonyl (C=O) groups is 1. The Kier molecular flexibility index (Phi) is 2.57. The largest absolute Gasteiger partial charge is 0.483 e. The average molecular weight is 194 g/mol. The van der Waals surface area contributed by atoms with E-state index in [1.807, 2.05) is 6.08 Å². The normalized spacial score (nSPS) is 20.3. The van der Waals surface area contributed by atoms with Crippen molar-refractivity contribution in [3.63, 3.8) is 0 Å². The molecule has 0 saturated heterocycles. The number of hydrogen-bond acceptors (Lipinski definition) is 2. The van der Waals surface area contributed by atoms with Crippen LogP contribution in [0.2, 0.25) is 0 Å². The van der Waals surface area contributed by atoms with Crippen molar-refractivity contribution >= 4 is 5.78 Å². The number of carbonyl (C=O) groups excluding carboxylic acids is 1. The van der Waals surface area contributed by atoms with E-state index in [1.165, 1.54) is 0 Å². The number of hydrogen-bond donors (Lipinski definition) is 0. The van der Waals surface area contributed by atoms with Gasteiger partial charge in [0.05, 0.1) is 0 Å². The van der Waals surface area contributed by atoms with E-state index in [-0.39, 0.29) is 11.2 Å². The van der Waals surface area contributed by atoms with Crippen LogP contribution in [0.25, 0.3) is 0 Å². The van der Waals surface area contributed by atoms with Gasteiger partial charge in [-0.2, -0.15) is 0 Å². The second-order valence-corrected chi connectivity index (χ2v) is 4.86. The molecule has 1 heterocycles. The maximum absolute atomic E-state index is 11.5. The first-order valence-electron chi connectivity index (χ1n) is 4.86. The molecule has 0 fully saturated rings. The van der Waals surface area contributed by atoms with Crippen LogP contribution in [0.3, 0.4) is 0 Å². The molecule has 0 bridgehead atoms. The summed E-state index contributed by atoms with van der Waals surface area (Å²) < 4.78 is 5.64. The molecule has 0 aliphatic carbocycles. The molecule has 0 spiro atoms. The van der Waals surface area contributed by atoms with Crippen molar-refractivity contribution in [2.24, 2.45) is 5.41 Å². The second kappa shape index (κ2) is 3.26. The Labute approximate surface area is 85.6 Å². The van der Waals surface area contributed by atoms with Crippen molar-refractivity contribution < 1.29 is 9.53 Å². The molecular weight excluding hydrogens is 176 g/mol. The summed E-state index contributed by atoms with van der Waals surface area (Å²) >= 11 is 0. The first-order chi connectivity index (χ1) is 6.29. The Morgan fingerprint density at radius 3 is 2.50 bits per heavy atom. The third-order valence-electron chi connectivity index (χ3n) is 2.54. The summed E-state index contributed by atoms with van der Waals surface area (Å²) in [4.78, 5) is 11.5. The maximum Gasteiger partial charge on any atom is 0.201 e. The predicted molar refractivity (Wildman–Crippen MR) is 56.8 cm³/mol. The minimum absolute atomic E-state index is 0.0460. The van der Waals surface area contributed by atoms with Gasteiger partial charge in [0, 0.05) is 11.5 Å².